The normalized spacial score (nSPS) is 12.7. The van der Waals surface area contributed by atoms with Gasteiger partial charge in [-0.25, -0.2) is 5.43 Å². The average Bonchev–Trinajstić information content (AvgIpc) is 3.40. The summed E-state index contributed by atoms with van der Waals surface area (Å²) in [6.45, 7) is 0. The first-order chi connectivity index (χ1) is 14.6. The molecule has 3 N–H and O–H groups in total. The number of hydrazone groups is 1. The van der Waals surface area contributed by atoms with Gasteiger partial charge in [0, 0.05) is 15.6 Å². The molecule has 4 aromatic rings. The van der Waals surface area contributed by atoms with Crippen molar-refractivity contribution in [3.8, 4) is 17.0 Å². The maximum absolute atomic E-state index is 12.4. The molecule has 5 rings (SSSR count). The smallest absolute Gasteiger partial charge is 0.289 e. The van der Waals surface area contributed by atoms with Crippen LogP contribution in [-0.2, 0) is 12.8 Å². The van der Waals surface area contributed by atoms with E-state index in [0.29, 0.717) is 17.0 Å². The van der Waals surface area contributed by atoms with Crippen molar-refractivity contribution in [3.63, 3.8) is 0 Å². The number of hydrogen-bond acceptors (Lipinski definition) is 4. The average molecular weight is 461 g/mol. The molecule has 3 aromatic carbocycles. The van der Waals surface area contributed by atoms with Gasteiger partial charge in [-0.3, -0.25) is 9.89 Å². The van der Waals surface area contributed by atoms with E-state index in [4.69, 9.17) is 0 Å². The molecule has 0 unspecified atom stereocenters. The van der Waals surface area contributed by atoms with Crippen molar-refractivity contribution in [1.82, 2.24) is 15.6 Å². The summed E-state index contributed by atoms with van der Waals surface area (Å²) < 4.78 is 0.802. The quantitative estimate of drug-likeness (QED) is 0.308. The summed E-state index contributed by atoms with van der Waals surface area (Å²) >= 11 is 3.34. The summed E-state index contributed by atoms with van der Waals surface area (Å²) in [7, 11) is 0. The van der Waals surface area contributed by atoms with Crippen LogP contribution in [-0.4, -0.2) is 27.4 Å². The van der Waals surface area contributed by atoms with Gasteiger partial charge in [-0.1, -0.05) is 46.3 Å². The third kappa shape index (κ3) is 3.27. The van der Waals surface area contributed by atoms with Gasteiger partial charge in [0.15, 0.2) is 0 Å². The van der Waals surface area contributed by atoms with Gasteiger partial charge in [0.25, 0.3) is 5.91 Å². The van der Waals surface area contributed by atoms with E-state index in [1.165, 1.54) is 22.7 Å². The van der Waals surface area contributed by atoms with Gasteiger partial charge < -0.3 is 5.11 Å². The summed E-state index contributed by atoms with van der Waals surface area (Å²) in [5.74, 6) is -0.336. The number of aromatic amines is 1. The fourth-order valence-corrected chi connectivity index (χ4v) is 4.27. The number of nitrogens with one attached hydrogen (secondary N) is 2. The van der Waals surface area contributed by atoms with E-state index in [1.54, 1.807) is 24.3 Å². The number of carbonyl (C=O) groups is 1. The van der Waals surface area contributed by atoms with Crippen molar-refractivity contribution in [2.45, 2.75) is 12.8 Å². The summed E-state index contributed by atoms with van der Waals surface area (Å²) in [5.41, 5.74) is 7.69. The Morgan fingerprint density at radius 1 is 1.13 bits per heavy atom. The first-order valence-electron chi connectivity index (χ1n) is 9.51. The highest BCUT2D eigenvalue weighted by Crippen LogP contribution is 2.36. The number of carbonyl (C=O) groups excluding carboxylic acids is 1. The molecule has 1 aliphatic carbocycles. The standard InChI is InChI=1S/C23H17BrN4O2/c24-16-7-9-21(29)15(10-16)12-25-28-23(30)20-11-19(26-27-20)17-8-6-14-5-4-13-2-1-3-18(17)22(13)14/h1-3,6-12,29H,4-5H2,(H,26,27)(H,28,30). The summed E-state index contributed by atoms with van der Waals surface area (Å²) in [5, 5.41) is 23.4. The number of aryl methyl sites for hydroxylation is 2. The number of aromatic nitrogens is 2. The monoisotopic (exact) mass is 460 g/mol. The molecule has 0 atom stereocenters. The van der Waals surface area contributed by atoms with Crippen LogP contribution in [0, 0.1) is 0 Å². The minimum absolute atomic E-state index is 0.0760. The van der Waals surface area contributed by atoms with Crippen LogP contribution in [0.2, 0.25) is 0 Å². The van der Waals surface area contributed by atoms with Gasteiger partial charge in [-0.05, 0) is 59.0 Å². The second-order valence-electron chi connectivity index (χ2n) is 7.18. The zero-order chi connectivity index (χ0) is 20.7. The van der Waals surface area contributed by atoms with E-state index in [9.17, 15) is 9.90 Å². The van der Waals surface area contributed by atoms with E-state index in [1.807, 2.05) is 0 Å². The molecule has 1 heterocycles. The summed E-state index contributed by atoms with van der Waals surface area (Å²) in [6, 6.07) is 17.3. The molecular weight excluding hydrogens is 444 g/mol. The first-order valence-corrected chi connectivity index (χ1v) is 10.3. The zero-order valence-corrected chi connectivity index (χ0v) is 17.4. The Morgan fingerprint density at radius 2 is 1.97 bits per heavy atom. The molecule has 0 bridgehead atoms. The predicted octanol–water partition coefficient (Wildman–Crippen LogP) is 4.56. The Kier molecular flexibility index (Phi) is 4.59. The number of phenolic OH excluding ortho intramolecular Hbond substituents is 1. The second kappa shape index (κ2) is 7.42. The minimum atomic E-state index is -0.412. The number of rotatable bonds is 4. The van der Waals surface area contributed by atoms with Crippen LogP contribution in [0.15, 0.2) is 64.2 Å². The third-order valence-electron chi connectivity index (χ3n) is 5.33. The third-order valence-corrected chi connectivity index (χ3v) is 5.83. The van der Waals surface area contributed by atoms with Gasteiger partial charge in [-0.15, -0.1) is 0 Å². The van der Waals surface area contributed by atoms with Crippen molar-refractivity contribution in [2.75, 3.05) is 0 Å². The van der Waals surface area contributed by atoms with E-state index >= 15 is 0 Å². The Labute approximate surface area is 180 Å². The first kappa shape index (κ1) is 18.6. The molecule has 1 amide bonds. The van der Waals surface area contributed by atoms with Crippen molar-refractivity contribution in [2.24, 2.45) is 5.10 Å². The molecule has 0 saturated heterocycles. The fraction of sp³-hybridized carbons (Fsp3) is 0.0870. The maximum Gasteiger partial charge on any atom is 0.289 e. The highest BCUT2D eigenvalue weighted by atomic mass is 79.9. The van der Waals surface area contributed by atoms with E-state index in [2.05, 4.69) is 67.0 Å². The predicted molar refractivity (Wildman–Crippen MR) is 120 cm³/mol. The van der Waals surface area contributed by atoms with E-state index in [0.717, 1.165) is 28.3 Å². The summed E-state index contributed by atoms with van der Waals surface area (Å²) in [4.78, 5) is 12.4. The zero-order valence-electron chi connectivity index (χ0n) is 15.8. The van der Waals surface area contributed by atoms with Gasteiger partial charge in [0.05, 0.1) is 11.9 Å². The number of H-pyrrole nitrogens is 1. The Morgan fingerprint density at radius 3 is 2.83 bits per heavy atom. The molecule has 30 heavy (non-hydrogen) atoms. The molecule has 0 aliphatic heterocycles. The topological polar surface area (TPSA) is 90.4 Å². The number of aromatic hydroxyl groups is 1. The Hall–Kier alpha value is -3.45. The highest BCUT2D eigenvalue weighted by molar-refractivity contribution is 9.10. The van der Waals surface area contributed by atoms with Crippen LogP contribution >= 0.6 is 15.9 Å². The lowest BCUT2D eigenvalue weighted by atomic mass is 9.98. The minimum Gasteiger partial charge on any atom is -0.507 e. The SMILES string of the molecule is O=C(NN=Cc1cc(Br)ccc1O)c1cc(-c2ccc3c4c(cccc24)CC3)n[nH]1. The second-order valence-corrected chi connectivity index (χ2v) is 8.10. The number of nitrogens with zero attached hydrogens (tertiary/aromatic N) is 2. The maximum atomic E-state index is 12.4. The lowest BCUT2D eigenvalue weighted by molar-refractivity contribution is 0.0950. The van der Waals surface area contributed by atoms with Gasteiger partial charge in [0.2, 0.25) is 0 Å². The molecule has 7 heteroatoms. The van der Waals surface area contributed by atoms with Crippen LogP contribution in [0.1, 0.15) is 27.2 Å². The van der Waals surface area contributed by atoms with Gasteiger partial charge >= 0.3 is 0 Å². The van der Waals surface area contributed by atoms with Crippen LogP contribution < -0.4 is 5.43 Å². The number of hydrogen-bond donors (Lipinski definition) is 3. The van der Waals surface area contributed by atoms with Crippen LogP contribution in [0.25, 0.3) is 22.0 Å². The van der Waals surface area contributed by atoms with E-state index < -0.39 is 5.91 Å². The van der Waals surface area contributed by atoms with Crippen molar-refractivity contribution in [3.05, 3.63) is 81.5 Å². The number of halogens is 1. The number of phenols is 1. The Balaban J connectivity index is 1.39. The molecule has 1 aromatic heterocycles. The lowest BCUT2D eigenvalue weighted by Gasteiger charge is -2.06. The van der Waals surface area contributed by atoms with Crippen LogP contribution in [0.3, 0.4) is 0 Å². The molecule has 6 nitrogen and oxygen atoms in total. The molecule has 1 aliphatic rings. The van der Waals surface area contributed by atoms with Crippen LogP contribution in [0.5, 0.6) is 5.75 Å². The molecule has 148 valence electrons. The van der Waals surface area contributed by atoms with Crippen LogP contribution in [0.4, 0.5) is 0 Å². The van der Waals surface area contributed by atoms with Gasteiger partial charge in [0.1, 0.15) is 11.4 Å². The largest absolute Gasteiger partial charge is 0.507 e. The molecular formula is C23H17BrN4O2. The highest BCUT2D eigenvalue weighted by Gasteiger charge is 2.18. The molecule has 0 saturated carbocycles. The molecule has 0 radical (unpaired) electrons. The van der Waals surface area contributed by atoms with Crippen molar-refractivity contribution < 1.29 is 9.90 Å². The number of benzene rings is 3. The van der Waals surface area contributed by atoms with Gasteiger partial charge in [-0.2, -0.15) is 10.2 Å². The lowest BCUT2D eigenvalue weighted by Crippen LogP contribution is -2.18. The molecule has 0 fully saturated rings. The fourth-order valence-electron chi connectivity index (χ4n) is 3.90. The summed E-state index contributed by atoms with van der Waals surface area (Å²) in [6.07, 6.45) is 3.52. The number of amides is 1. The molecule has 0 spiro atoms. The van der Waals surface area contributed by atoms with Crippen molar-refractivity contribution >= 4 is 38.8 Å². The van der Waals surface area contributed by atoms with Crippen molar-refractivity contribution in [1.29, 1.82) is 0 Å². The van der Waals surface area contributed by atoms with E-state index in [-0.39, 0.29) is 5.75 Å². The Bertz CT molecular complexity index is 1320.